The van der Waals surface area contributed by atoms with Crippen molar-refractivity contribution in [1.82, 2.24) is 9.80 Å². The van der Waals surface area contributed by atoms with Crippen LogP contribution in [0.1, 0.15) is 50.3 Å². The van der Waals surface area contributed by atoms with E-state index in [0.29, 0.717) is 12.3 Å². The molecular formula is C20H27N3O2. The minimum atomic E-state index is -0.234. The SMILES string of the molecule is CC(=O)N1C=Cc2ccccc2C1CC(=O)N1CCCC(C(C)N)C1. The number of likely N-dealkylation sites (tertiary alicyclic amines) is 1. The van der Waals surface area contributed by atoms with Gasteiger partial charge in [0, 0.05) is 32.3 Å². The number of fused-ring (bicyclic) bond motifs is 1. The van der Waals surface area contributed by atoms with Gasteiger partial charge in [0.15, 0.2) is 0 Å². The minimum absolute atomic E-state index is 0.0457. The van der Waals surface area contributed by atoms with Crippen LogP contribution in [0.4, 0.5) is 0 Å². The molecule has 0 aromatic heterocycles. The molecular weight excluding hydrogens is 314 g/mol. The third-order valence-corrected chi connectivity index (χ3v) is 5.39. The summed E-state index contributed by atoms with van der Waals surface area (Å²) in [5.74, 6) is 0.419. The molecule has 3 rings (SSSR count). The largest absolute Gasteiger partial charge is 0.342 e. The van der Waals surface area contributed by atoms with Gasteiger partial charge in [-0.3, -0.25) is 9.59 Å². The number of amides is 2. The maximum atomic E-state index is 12.9. The topological polar surface area (TPSA) is 66.6 Å². The predicted octanol–water partition coefficient (Wildman–Crippen LogP) is 2.54. The Kier molecular flexibility index (Phi) is 5.23. The van der Waals surface area contributed by atoms with Crippen LogP contribution in [0.5, 0.6) is 0 Å². The molecule has 0 saturated carbocycles. The Bertz CT molecular complexity index is 683. The lowest BCUT2D eigenvalue weighted by Crippen LogP contribution is -2.46. The van der Waals surface area contributed by atoms with Gasteiger partial charge in [0.25, 0.3) is 0 Å². The molecule has 3 unspecified atom stereocenters. The van der Waals surface area contributed by atoms with Gasteiger partial charge >= 0.3 is 0 Å². The summed E-state index contributed by atoms with van der Waals surface area (Å²) in [6, 6.07) is 7.83. The second kappa shape index (κ2) is 7.40. The second-order valence-corrected chi connectivity index (χ2v) is 7.19. The number of nitrogens with zero attached hydrogens (tertiary/aromatic N) is 2. The molecule has 2 aliphatic rings. The van der Waals surface area contributed by atoms with Crippen molar-refractivity contribution in [3.63, 3.8) is 0 Å². The highest BCUT2D eigenvalue weighted by Crippen LogP contribution is 2.33. The molecule has 3 atom stereocenters. The van der Waals surface area contributed by atoms with Gasteiger partial charge in [-0.05, 0) is 42.9 Å². The van der Waals surface area contributed by atoms with Gasteiger partial charge in [0.2, 0.25) is 11.8 Å². The Morgan fingerprint density at radius 1 is 1.32 bits per heavy atom. The fourth-order valence-corrected chi connectivity index (χ4v) is 3.87. The molecule has 2 N–H and O–H groups in total. The molecule has 0 bridgehead atoms. The first-order valence-electron chi connectivity index (χ1n) is 9.06. The molecule has 1 fully saturated rings. The maximum absolute atomic E-state index is 12.9. The third-order valence-electron chi connectivity index (χ3n) is 5.39. The zero-order valence-electron chi connectivity index (χ0n) is 15.0. The van der Waals surface area contributed by atoms with Crippen LogP contribution >= 0.6 is 0 Å². The molecule has 0 radical (unpaired) electrons. The van der Waals surface area contributed by atoms with Crippen molar-refractivity contribution in [3.05, 3.63) is 41.6 Å². The van der Waals surface area contributed by atoms with Crippen LogP contribution in [-0.2, 0) is 9.59 Å². The van der Waals surface area contributed by atoms with Crippen molar-refractivity contribution in [2.24, 2.45) is 11.7 Å². The molecule has 0 aliphatic carbocycles. The first kappa shape index (κ1) is 17.7. The summed E-state index contributed by atoms with van der Waals surface area (Å²) in [5.41, 5.74) is 8.15. The molecule has 1 aromatic rings. The van der Waals surface area contributed by atoms with Crippen molar-refractivity contribution in [1.29, 1.82) is 0 Å². The third kappa shape index (κ3) is 3.76. The lowest BCUT2D eigenvalue weighted by Gasteiger charge is -2.37. The van der Waals surface area contributed by atoms with E-state index in [2.05, 4.69) is 0 Å². The van der Waals surface area contributed by atoms with Gasteiger partial charge in [0.1, 0.15) is 0 Å². The van der Waals surface area contributed by atoms with Crippen LogP contribution in [0.15, 0.2) is 30.5 Å². The fourth-order valence-electron chi connectivity index (χ4n) is 3.87. The quantitative estimate of drug-likeness (QED) is 0.919. The fraction of sp³-hybridized carbons (Fsp3) is 0.500. The van der Waals surface area contributed by atoms with Crippen LogP contribution in [0.3, 0.4) is 0 Å². The van der Waals surface area contributed by atoms with Gasteiger partial charge in [-0.2, -0.15) is 0 Å². The normalized spacial score (nSPS) is 24.0. The summed E-state index contributed by atoms with van der Waals surface area (Å²) in [7, 11) is 0. The highest BCUT2D eigenvalue weighted by molar-refractivity contribution is 5.82. The first-order valence-corrected chi connectivity index (χ1v) is 9.06. The molecule has 134 valence electrons. The van der Waals surface area contributed by atoms with E-state index in [1.807, 2.05) is 42.2 Å². The van der Waals surface area contributed by atoms with Crippen LogP contribution in [-0.4, -0.2) is 40.7 Å². The van der Waals surface area contributed by atoms with E-state index in [4.69, 9.17) is 5.73 Å². The molecule has 2 aliphatic heterocycles. The average molecular weight is 341 g/mol. The van der Waals surface area contributed by atoms with Gasteiger partial charge in [-0.1, -0.05) is 24.3 Å². The molecule has 0 spiro atoms. The van der Waals surface area contributed by atoms with Crippen molar-refractivity contribution in [2.75, 3.05) is 13.1 Å². The lowest BCUT2D eigenvalue weighted by molar-refractivity contribution is -0.136. The van der Waals surface area contributed by atoms with Crippen LogP contribution in [0.25, 0.3) is 6.08 Å². The van der Waals surface area contributed by atoms with Crippen LogP contribution in [0, 0.1) is 5.92 Å². The Balaban J connectivity index is 1.78. The second-order valence-electron chi connectivity index (χ2n) is 7.19. The predicted molar refractivity (Wildman–Crippen MR) is 98.3 cm³/mol. The number of carbonyl (C=O) groups excluding carboxylic acids is 2. The number of benzene rings is 1. The maximum Gasteiger partial charge on any atom is 0.225 e. The highest BCUT2D eigenvalue weighted by Gasteiger charge is 2.32. The number of rotatable bonds is 3. The summed E-state index contributed by atoms with van der Waals surface area (Å²) >= 11 is 0. The molecule has 5 nitrogen and oxygen atoms in total. The number of nitrogens with two attached hydrogens (primary N) is 1. The summed E-state index contributed by atoms with van der Waals surface area (Å²) < 4.78 is 0. The standard InChI is InChI=1S/C20H27N3O2/c1-14(21)17-7-5-10-22(13-17)20(25)12-19-18-8-4-3-6-16(18)9-11-23(19)15(2)24/h3-4,6,8-9,11,14,17,19H,5,7,10,12-13,21H2,1-2H3. The van der Waals surface area contributed by atoms with E-state index >= 15 is 0 Å². The Morgan fingerprint density at radius 3 is 2.80 bits per heavy atom. The molecule has 1 saturated heterocycles. The van der Waals surface area contributed by atoms with E-state index in [9.17, 15) is 9.59 Å². The van der Waals surface area contributed by atoms with E-state index in [1.54, 1.807) is 18.0 Å². The summed E-state index contributed by atoms with van der Waals surface area (Å²) in [6.45, 7) is 5.06. The number of piperidine rings is 1. The van der Waals surface area contributed by atoms with Gasteiger partial charge in [-0.15, -0.1) is 0 Å². The van der Waals surface area contributed by atoms with E-state index in [1.165, 1.54) is 0 Å². The van der Waals surface area contributed by atoms with Crippen molar-refractivity contribution in [3.8, 4) is 0 Å². The molecule has 25 heavy (non-hydrogen) atoms. The summed E-state index contributed by atoms with van der Waals surface area (Å²) in [4.78, 5) is 28.6. The van der Waals surface area contributed by atoms with Crippen LogP contribution in [0.2, 0.25) is 0 Å². The first-order chi connectivity index (χ1) is 12.0. The van der Waals surface area contributed by atoms with E-state index < -0.39 is 0 Å². The van der Waals surface area contributed by atoms with E-state index in [0.717, 1.165) is 37.1 Å². The van der Waals surface area contributed by atoms with Crippen LogP contribution < -0.4 is 5.73 Å². The summed E-state index contributed by atoms with van der Waals surface area (Å²) in [6.07, 6.45) is 6.12. The van der Waals surface area contributed by atoms with Crippen molar-refractivity contribution in [2.45, 2.75) is 45.2 Å². The Hall–Kier alpha value is -2.14. The molecule has 2 heterocycles. The van der Waals surface area contributed by atoms with Crippen molar-refractivity contribution < 1.29 is 9.59 Å². The minimum Gasteiger partial charge on any atom is -0.342 e. The monoisotopic (exact) mass is 341 g/mol. The average Bonchev–Trinajstić information content (AvgIpc) is 2.61. The number of carbonyl (C=O) groups is 2. The zero-order chi connectivity index (χ0) is 18.0. The van der Waals surface area contributed by atoms with Gasteiger partial charge < -0.3 is 15.5 Å². The summed E-state index contributed by atoms with van der Waals surface area (Å²) in [5, 5.41) is 0. The number of hydrogen-bond acceptors (Lipinski definition) is 3. The smallest absolute Gasteiger partial charge is 0.225 e. The Labute approximate surface area is 149 Å². The molecule has 5 heteroatoms. The molecule has 2 amide bonds. The molecule has 1 aromatic carbocycles. The van der Waals surface area contributed by atoms with E-state index in [-0.39, 0.29) is 23.9 Å². The van der Waals surface area contributed by atoms with Gasteiger partial charge in [0.05, 0.1) is 12.5 Å². The zero-order valence-corrected chi connectivity index (χ0v) is 15.0. The van der Waals surface area contributed by atoms with Gasteiger partial charge in [-0.25, -0.2) is 0 Å². The lowest BCUT2D eigenvalue weighted by atomic mass is 9.90. The highest BCUT2D eigenvalue weighted by atomic mass is 16.2. The number of hydrogen-bond donors (Lipinski definition) is 1. The Morgan fingerprint density at radius 2 is 2.08 bits per heavy atom. The van der Waals surface area contributed by atoms with Crippen molar-refractivity contribution >= 4 is 17.9 Å².